The normalized spacial score (nSPS) is 23.4. The van der Waals surface area contributed by atoms with E-state index in [1.54, 1.807) is 12.3 Å². The molecule has 0 aliphatic carbocycles. The van der Waals surface area contributed by atoms with Gasteiger partial charge in [-0.1, -0.05) is 0 Å². The molecule has 8 heteroatoms. The molecule has 2 N–H and O–H groups in total. The molecule has 0 radical (unpaired) electrons. The van der Waals surface area contributed by atoms with E-state index < -0.39 is 0 Å². The number of nitrogen functional groups attached to an aromatic ring is 1. The molecule has 0 amide bonds. The summed E-state index contributed by atoms with van der Waals surface area (Å²) in [5, 5.41) is 0. The van der Waals surface area contributed by atoms with E-state index >= 15 is 0 Å². The highest BCUT2D eigenvalue weighted by molar-refractivity contribution is 5.71. The second-order valence-electron chi connectivity index (χ2n) is 8.29. The van der Waals surface area contributed by atoms with Crippen LogP contribution < -0.4 is 15.5 Å². The minimum atomic E-state index is -0.128. The van der Waals surface area contributed by atoms with Gasteiger partial charge in [0.1, 0.15) is 17.5 Å². The Bertz CT molecular complexity index is 885. The quantitative estimate of drug-likeness (QED) is 0.836. The van der Waals surface area contributed by atoms with Gasteiger partial charge < -0.3 is 25.0 Å². The summed E-state index contributed by atoms with van der Waals surface area (Å²) in [6.07, 6.45) is 2.66. The number of aromatic nitrogens is 3. The van der Waals surface area contributed by atoms with Crippen LogP contribution in [0.15, 0.2) is 18.3 Å². The number of hydrogen-bond acceptors (Lipinski definition) is 8. The number of nitrogens with zero attached hydrogens (tertiary/aromatic N) is 5. The topological polar surface area (TPSA) is 89.6 Å². The van der Waals surface area contributed by atoms with Crippen LogP contribution in [0.4, 0.5) is 17.5 Å². The van der Waals surface area contributed by atoms with E-state index in [1.165, 1.54) is 5.56 Å². The highest BCUT2D eigenvalue weighted by atomic mass is 16.5. The van der Waals surface area contributed by atoms with Crippen LogP contribution in [0.2, 0.25) is 0 Å². The number of morpholine rings is 2. The van der Waals surface area contributed by atoms with Crippen LogP contribution in [0.5, 0.6) is 0 Å². The summed E-state index contributed by atoms with van der Waals surface area (Å²) in [4.78, 5) is 19.0. The molecule has 0 spiro atoms. The fourth-order valence-electron chi connectivity index (χ4n) is 4.36. The molecule has 0 saturated carbocycles. The molecule has 148 valence electrons. The van der Waals surface area contributed by atoms with Crippen molar-refractivity contribution >= 4 is 17.5 Å². The van der Waals surface area contributed by atoms with Crippen molar-refractivity contribution in [3.8, 4) is 11.4 Å². The Morgan fingerprint density at radius 2 is 1.93 bits per heavy atom. The summed E-state index contributed by atoms with van der Waals surface area (Å²) in [7, 11) is 0. The molecule has 2 aromatic heterocycles. The minimum Gasteiger partial charge on any atom is -0.384 e. The summed E-state index contributed by atoms with van der Waals surface area (Å²) >= 11 is 0. The summed E-state index contributed by atoms with van der Waals surface area (Å²) < 4.78 is 11.5. The Kier molecular flexibility index (Phi) is 4.13. The fraction of sp³-hybridized carbons (Fsp3) is 0.550. The third-order valence-corrected chi connectivity index (χ3v) is 5.85. The van der Waals surface area contributed by atoms with Gasteiger partial charge in [-0.15, -0.1) is 0 Å². The number of anilines is 3. The van der Waals surface area contributed by atoms with Crippen molar-refractivity contribution < 1.29 is 9.47 Å². The smallest absolute Gasteiger partial charge is 0.165 e. The molecule has 0 aromatic carbocycles. The Morgan fingerprint density at radius 1 is 1.11 bits per heavy atom. The van der Waals surface area contributed by atoms with Gasteiger partial charge in [0.15, 0.2) is 5.82 Å². The predicted octanol–water partition coefficient (Wildman–Crippen LogP) is 1.50. The van der Waals surface area contributed by atoms with Crippen LogP contribution in [-0.4, -0.2) is 66.0 Å². The lowest BCUT2D eigenvalue weighted by Gasteiger charge is -2.43. The van der Waals surface area contributed by atoms with Crippen molar-refractivity contribution in [3.05, 3.63) is 23.9 Å². The minimum absolute atomic E-state index is 0.128. The number of rotatable bonds is 2. The summed E-state index contributed by atoms with van der Waals surface area (Å²) in [6.45, 7) is 8.94. The lowest BCUT2D eigenvalue weighted by molar-refractivity contribution is 0.0638. The molecule has 0 unspecified atom stereocenters. The maximum Gasteiger partial charge on any atom is 0.165 e. The number of ether oxygens (including phenoxy) is 2. The molecule has 2 aromatic rings. The van der Waals surface area contributed by atoms with Gasteiger partial charge >= 0.3 is 0 Å². The van der Waals surface area contributed by atoms with E-state index in [1.807, 2.05) is 6.07 Å². The number of pyridine rings is 1. The van der Waals surface area contributed by atoms with Crippen molar-refractivity contribution in [1.82, 2.24) is 15.0 Å². The Hall–Kier alpha value is -2.45. The molecule has 2 saturated heterocycles. The summed E-state index contributed by atoms with van der Waals surface area (Å²) in [5.41, 5.74) is 7.74. The molecule has 3 aliphatic heterocycles. The van der Waals surface area contributed by atoms with Gasteiger partial charge in [-0.05, 0) is 26.0 Å². The van der Waals surface area contributed by atoms with E-state index in [2.05, 4.69) is 28.6 Å². The van der Waals surface area contributed by atoms with Crippen molar-refractivity contribution in [2.45, 2.75) is 31.8 Å². The van der Waals surface area contributed by atoms with Crippen LogP contribution in [0, 0.1) is 0 Å². The van der Waals surface area contributed by atoms with Crippen LogP contribution in [0.1, 0.15) is 19.4 Å². The largest absolute Gasteiger partial charge is 0.384 e. The maximum atomic E-state index is 5.77. The first kappa shape index (κ1) is 17.6. The average Bonchev–Trinajstić information content (AvgIpc) is 3.06. The van der Waals surface area contributed by atoms with Gasteiger partial charge in [0, 0.05) is 36.8 Å². The van der Waals surface area contributed by atoms with Crippen LogP contribution in [-0.2, 0) is 15.9 Å². The van der Waals surface area contributed by atoms with Crippen molar-refractivity contribution in [2.24, 2.45) is 0 Å². The van der Waals surface area contributed by atoms with Gasteiger partial charge in [-0.25, -0.2) is 15.0 Å². The Morgan fingerprint density at radius 3 is 2.71 bits per heavy atom. The molecule has 0 bridgehead atoms. The molecular formula is C20H26N6O2. The van der Waals surface area contributed by atoms with E-state index in [9.17, 15) is 0 Å². The molecule has 5 rings (SSSR count). The zero-order chi connectivity index (χ0) is 19.3. The first-order valence-corrected chi connectivity index (χ1v) is 9.85. The second-order valence-corrected chi connectivity index (χ2v) is 8.29. The average molecular weight is 382 g/mol. The van der Waals surface area contributed by atoms with Crippen molar-refractivity contribution in [1.29, 1.82) is 0 Å². The lowest BCUT2D eigenvalue weighted by atomic mass is 10.0. The Labute approximate surface area is 164 Å². The monoisotopic (exact) mass is 382 g/mol. The summed E-state index contributed by atoms with van der Waals surface area (Å²) in [5.74, 6) is 3.23. The van der Waals surface area contributed by atoms with E-state index in [-0.39, 0.29) is 5.54 Å². The van der Waals surface area contributed by atoms with Gasteiger partial charge in [0.05, 0.1) is 38.0 Å². The van der Waals surface area contributed by atoms with E-state index in [4.69, 9.17) is 25.2 Å². The molecule has 3 aliphatic rings. The Balaban J connectivity index is 1.66. The van der Waals surface area contributed by atoms with Gasteiger partial charge in [-0.3, -0.25) is 0 Å². The van der Waals surface area contributed by atoms with Gasteiger partial charge in [-0.2, -0.15) is 0 Å². The van der Waals surface area contributed by atoms with Crippen molar-refractivity contribution in [3.63, 3.8) is 0 Å². The number of fused-ring (bicyclic) bond motifs is 3. The van der Waals surface area contributed by atoms with E-state index in [0.717, 1.165) is 49.9 Å². The molecule has 2 fully saturated rings. The zero-order valence-corrected chi connectivity index (χ0v) is 16.4. The standard InChI is InChI=1S/C20H26N6O2/c1-20(2)12-28-8-6-26(20)19-15-9-14-11-27-7-5-25(14)18(15)23-17(24-19)13-3-4-16(21)22-10-13/h3-4,10,14H,5-9,11-12H2,1-2H3,(H2,21,22)/t14-/m0/s1. The maximum absolute atomic E-state index is 5.77. The van der Waals surface area contributed by atoms with Crippen molar-refractivity contribution in [2.75, 3.05) is 55.1 Å². The SMILES string of the molecule is CC1(C)COCCN1c1nc(-c2ccc(N)nc2)nc2c1C[C@H]1COCCN21. The molecule has 5 heterocycles. The molecular weight excluding hydrogens is 356 g/mol. The number of nitrogens with two attached hydrogens (primary N) is 1. The molecule has 8 nitrogen and oxygen atoms in total. The zero-order valence-electron chi connectivity index (χ0n) is 16.4. The van der Waals surface area contributed by atoms with Gasteiger partial charge in [0.2, 0.25) is 0 Å². The third-order valence-electron chi connectivity index (χ3n) is 5.85. The first-order chi connectivity index (χ1) is 13.5. The van der Waals surface area contributed by atoms with Crippen LogP contribution in [0.3, 0.4) is 0 Å². The van der Waals surface area contributed by atoms with Crippen LogP contribution in [0.25, 0.3) is 11.4 Å². The first-order valence-electron chi connectivity index (χ1n) is 9.85. The third kappa shape index (κ3) is 2.87. The predicted molar refractivity (Wildman–Crippen MR) is 108 cm³/mol. The highest BCUT2D eigenvalue weighted by Gasteiger charge is 2.40. The van der Waals surface area contributed by atoms with Crippen LogP contribution >= 0.6 is 0 Å². The molecule has 28 heavy (non-hydrogen) atoms. The molecule has 1 atom stereocenters. The highest BCUT2D eigenvalue weighted by Crippen LogP contribution is 2.41. The lowest BCUT2D eigenvalue weighted by Crippen LogP contribution is -2.53. The second kappa shape index (κ2) is 6.56. The number of hydrogen-bond donors (Lipinski definition) is 1. The van der Waals surface area contributed by atoms with E-state index in [0.29, 0.717) is 30.9 Å². The fourth-order valence-corrected chi connectivity index (χ4v) is 4.36. The summed E-state index contributed by atoms with van der Waals surface area (Å²) in [6, 6.07) is 4.06. The van der Waals surface area contributed by atoms with Gasteiger partial charge in [0.25, 0.3) is 0 Å².